The molecule has 1 aromatic carbocycles. The van der Waals surface area contributed by atoms with Crippen LogP contribution in [-0.4, -0.2) is 30.5 Å². The first-order chi connectivity index (χ1) is 10.6. The highest BCUT2D eigenvalue weighted by atomic mass is 16.4. The van der Waals surface area contributed by atoms with E-state index in [0.29, 0.717) is 25.3 Å². The van der Waals surface area contributed by atoms with Crippen molar-refractivity contribution in [2.45, 2.75) is 32.7 Å². The van der Waals surface area contributed by atoms with Gasteiger partial charge in [-0.15, -0.1) is 0 Å². The van der Waals surface area contributed by atoms with Gasteiger partial charge in [0.15, 0.2) is 11.7 Å². The second-order valence-electron chi connectivity index (χ2n) is 5.48. The molecule has 1 heterocycles. The van der Waals surface area contributed by atoms with Crippen LogP contribution in [-0.2, 0) is 11.2 Å². The molecular formula is C17H23N3O2. The summed E-state index contributed by atoms with van der Waals surface area (Å²) in [7, 11) is 1.87. The lowest BCUT2D eigenvalue weighted by molar-refractivity contribution is -0.121. The van der Waals surface area contributed by atoms with Gasteiger partial charge in [-0.2, -0.15) is 0 Å². The second-order valence-corrected chi connectivity index (χ2v) is 5.48. The van der Waals surface area contributed by atoms with Gasteiger partial charge in [-0.25, -0.2) is 4.98 Å². The molecule has 1 atom stereocenters. The van der Waals surface area contributed by atoms with E-state index in [2.05, 4.69) is 15.6 Å². The Morgan fingerprint density at radius 3 is 2.73 bits per heavy atom. The molecule has 0 saturated heterocycles. The van der Waals surface area contributed by atoms with Crippen LogP contribution in [0.2, 0.25) is 0 Å². The van der Waals surface area contributed by atoms with Crippen molar-refractivity contribution in [3.05, 3.63) is 41.9 Å². The molecule has 0 spiro atoms. The number of aryl methyl sites for hydroxylation is 2. The highest BCUT2D eigenvalue weighted by molar-refractivity contribution is 5.76. The molecule has 5 nitrogen and oxygen atoms in total. The van der Waals surface area contributed by atoms with Crippen molar-refractivity contribution in [2.75, 3.05) is 13.6 Å². The number of rotatable bonds is 7. The zero-order valence-electron chi connectivity index (χ0n) is 13.3. The molecule has 2 aromatic rings. The number of likely N-dealkylation sites (N-methyl/N-ethyl adjacent to an activating group) is 1. The summed E-state index contributed by atoms with van der Waals surface area (Å²) in [6.07, 6.45) is 2.59. The number of nitrogens with one attached hydrogen (secondary N) is 2. The zero-order valence-corrected chi connectivity index (χ0v) is 13.3. The first-order valence-corrected chi connectivity index (χ1v) is 7.54. The smallest absolute Gasteiger partial charge is 0.220 e. The average Bonchev–Trinajstić information content (AvgIpc) is 3.00. The number of nitrogens with zero attached hydrogens (tertiary/aromatic N) is 1. The first-order valence-electron chi connectivity index (χ1n) is 7.54. The molecule has 1 amide bonds. The fourth-order valence-corrected chi connectivity index (χ4v) is 1.95. The van der Waals surface area contributed by atoms with Gasteiger partial charge < -0.3 is 15.1 Å². The van der Waals surface area contributed by atoms with E-state index in [1.807, 2.05) is 45.2 Å². The SMILES string of the molecule is CNC(C)CNC(=O)CCc1ncc(-c2ccc(C)cc2)o1. The standard InChI is InChI=1S/C17H23N3O2/c1-12-4-6-14(7-5-12)15-11-20-17(22-15)9-8-16(21)19-10-13(2)18-3/h4-7,11,13,18H,8-10H2,1-3H3,(H,19,21). The van der Waals surface area contributed by atoms with Gasteiger partial charge in [-0.1, -0.05) is 29.8 Å². The van der Waals surface area contributed by atoms with Crippen molar-refractivity contribution in [1.29, 1.82) is 0 Å². The van der Waals surface area contributed by atoms with Gasteiger partial charge in [0.1, 0.15) is 0 Å². The normalized spacial score (nSPS) is 12.1. The molecule has 0 fully saturated rings. The maximum atomic E-state index is 11.7. The first kappa shape index (κ1) is 16.2. The van der Waals surface area contributed by atoms with Crippen molar-refractivity contribution < 1.29 is 9.21 Å². The number of carbonyl (C=O) groups excluding carboxylic acids is 1. The summed E-state index contributed by atoms with van der Waals surface area (Å²) in [4.78, 5) is 16.0. The monoisotopic (exact) mass is 301 g/mol. The quantitative estimate of drug-likeness (QED) is 0.823. The summed E-state index contributed by atoms with van der Waals surface area (Å²) in [6.45, 7) is 4.68. The largest absolute Gasteiger partial charge is 0.441 e. The van der Waals surface area contributed by atoms with E-state index in [1.54, 1.807) is 6.20 Å². The Hall–Kier alpha value is -2.14. The van der Waals surface area contributed by atoms with Crippen LogP contribution in [0.25, 0.3) is 11.3 Å². The Bertz CT molecular complexity index is 605. The van der Waals surface area contributed by atoms with E-state index < -0.39 is 0 Å². The number of aromatic nitrogens is 1. The van der Waals surface area contributed by atoms with E-state index in [0.717, 1.165) is 11.3 Å². The molecule has 1 aromatic heterocycles. The van der Waals surface area contributed by atoms with Crippen LogP contribution < -0.4 is 10.6 Å². The highest BCUT2D eigenvalue weighted by Crippen LogP contribution is 2.21. The lowest BCUT2D eigenvalue weighted by atomic mass is 10.1. The minimum absolute atomic E-state index is 0.0113. The van der Waals surface area contributed by atoms with Crippen LogP contribution in [0.15, 0.2) is 34.9 Å². The lowest BCUT2D eigenvalue weighted by Crippen LogP contribution is -2.37. The van der Waals surface area contributed by atoms with Gasteiger partial charge in [0, 0.05) is 31.0 Å². The van der Waals surface area contributed by atoms with Gasteiger partial charge in [-0.05, 0) is 20.9 Å². The van der Waals surface area contributed by atoms with Crippen LogP contribution in [0.1, 0.15) is 24.8 Å². The molecule has 118 valence electrons. The molecule has 22 heavy (non-hydrogen) atoms. The molecule has 0 radical (unpaired) electrons. The fourth-order valence-electron chi connectivity index (χ4n) is 1.95. The van der Waals surface area contributed by atoms with Gasteiger partial charge >= 0.3 is 0 Å². The summed E-state index contributed by atoms with van der Waals surface area (Å²) in [5.74, 6) is 1.34. The van der Waals surface area contributed by atoms with Crippen molar-refractivity contribution in [3.63, 3.8) is 0 Å². The summed E-state index contributed by atoms with van der Waals surface area (Å²) >= 11 is 0. The number of hydrogen-bond donors (Lipinski definition) is 2. The third kappa shape index (κ3) is 4.70. The number of benzene rings is 1. The topological polar surface area (TPSA) is 67.2 Å². The molecule has 1 unspecified atom stereocenters. The number of amides is 1. The molecule has 2 N–H and O–H groups in total. The fraction of sp³-hybridized carbons (Fsp3) is 0.412. The average molecular weight is 301 g/mol. The minimum Gasteiger partial charge on any atom is -0.441 e. The summed E-state index contributed by atoms with van der Waals surface area (Å²) in [5.41, 5.74) is 2.20. The predicted octanol–water partition coefficient (Wildman–Crippen LogP) is 2.31. The van der Waals surface area contributed by atoms with E-state index in [9.17, 15) is 4.79 Å². The molecular weight excluding hydrogens is 278 g/mol. The maximum Gasteiger partial charge on any atom is 0.220 e. The number of hydrogen-bond acceptors (Lipinski definition) is 4. The molecule has 0 aliphatic heterocycles. The van der Waals surface area contributed by atoms with Crippen LogP contribution in [0.4, 0.5) is 0 Å². The van der Waals surface area contributed by atoms with Crippen LogP contribution in [0.5, 0.6) is 0 Å². The number of carbonyl (C=O) groups is 1. The Kier molecular flexibility index (Phi) is 5.72. The second kappa shape index (κ2) is 7.75. The van der Waals surface area contributed by atoms with Crippen LogP contribution >= 0.6 is 0 Å². The Balaban J connectivity index is 1.84. The third-order valence-corrected chi connectivity index (χ3v) is 3.55. The van der Waals surface area contributed by atoms with Gasteiger partial charge in [0.2, 0.25) is 5.91 Å². The molecule has 0 saturated carbocycles. The molecule has 2 rings (SSSR count). The van der Waals surface area contributed by atoms with Crippen LogP contribution in [0, 0.1) is 6.92 Å². The third-order valence-electron chi connectivity index (χ3n) is 3.55. The Morgan fingerprint density at radius 2 is 2.05 bits per heavy atom. The van der Waals surface area contributed by atoms with Crippen molar-refractivity contribution >= 4 is 5.91 Å². The predicted molar refractivity (Wildman–Crippen MR) is 86.5 cm³/mol. The zero-order chi connectivity index (χ0) is 15.9. The summed E-state index contributed by atoms with van der Waals surface area (Å²) in [5, 5.41) is 5.95. The van der Waals surface area contributed by atoms with Crippen LogP contribution in [0.3, 0.4) is 0 Å². The van der Waals surface area contributed by atoms with Crippen molar-refractivity contribution in [2.24, 2.45) is 0 Å². The maximum absolute atomic E-state index is 11.7. The van der Waals surface area contributed by atoms with Gasteiger partial charge in [-0.3, -0.25) is 4.79 Å². The number of oxazole rings is 1. The summed E-state index contributed by atoms with van der Waals surface area (Å²) < 4.78 is 5.70. The Morgan fingerprint density at radius 1 is 1.32 bits per heavy atom. The lowest BCUT2D eigenvalue weighted by Gasteiger charge is -2.10. The highest BCUT2D eigenvalue weighted by Gasteiger charge is 2.09. The van der Waals surface area contributed by atoms with E-state index in [-0.39, 0.29) is 11.9 Å². The summed E-state index contributed by atoms with van der Waals surface area (Å²) in [6, 6.07) is 8.34. The van der Waals surface area contributed by atoms with E-state index >= 15 is 0 Å². The van der Waals surface area contributed by atoms with E-state index in [1.165, 1.54) is 5.56 Å². The minimum atomic E-state index is 0.0113. The molecule has 0 bridgehead atoms. The Labute approximate surface area is 131 Å². The van der Waals surface area contributed by atoms with Gasteiger partial charge in [0.05, 0.1) is 6.20 Å². The van der Waals surface area contributed by atoms with Gasteiger partial charge in [0.25, 0.3) is 0 Å². The van der Waals surface area contributed by atoms with Crippen molar-refractivity contribution in [3.8, 4) is 11.3 Å². The molecule has 5 heteroatoms. The van der Waals surface area contributed by atoms with E-state index in [4.69, 9.17) is 4.42 Å². The molecule has 0 aliphatic carbocycles. The molecule has 0 aliphatic rings. The van der Waals surface area contributed by atoms with Crippen molar-refractivity contribution in [1.82, 2.24) is 15.6 Å².